The first-order valence-corrected chi connectivity index (χ1v) is 28.2. The number of benzene rings is 1. The summed E-state index contributed by atoms with van der Waals surface area (Å²) in [4.78, 5) is 38.9. The fraction of sp³-hybridized carbons (Fsp3) is 0.714. The van der Waals surface area contributed by atoms with E-state index in [1.165, 1.54) is 36.2 Å². The molecule has 2 unspecified atom stereocenters. The van der Waals surface area contributed by atoms with Gasteiger partial charge in [0, 0.05) is 33.0 Å². The number of hydrogen-bond acceptors (Lipinski definition) is 8. The average molecular weight is 773 g/mol. The molecule has 0 aliphatic rings. The van der Waals surface area contributed by atoms with Gasteiger partial charge in [-0.3, -0.25) is 14.4 Å². The molecule has 14 heteroatoms. The number of aryl methyl sites for hydroxylation is 2. The topological polar surface area (TPSA) is 114 Å². The van der Waals surface area contributed by atoms with E-state index in [0.29, 0.717) is 45.3 Å². The van der Waals surface area contributed by atoms with E-state index in [0.717, 1.165) is 18.0 Å². The van der Waals surface area contributed by atoms with E-state index in [-0.39, 0.29) is 28.5 Å². The first-order valence-electron chi connectivity index (χ1n) is 17.8. The SMILES string of the molecule is CCCC[Si](C)(C)O[Si](C)(C)O[Si](C)(C)CCc1ccc(CCC(CC(SC(=S)OCC)C(=O)NCCCCC(=O)O)C(=O)N(C)C)cc1. The number of carboxylic acids is 1. The summed E-state index contributed by atoms with van der Waals surface area (Å²) in [5.74, 6) is -1.49. The predicted molar refractivity (Wildman–Crippen MR) is 215 cm³/mol. The molecule has 280 valence electrons. The van der Waals surface area contributed by atoms with Gasteiger partial charge in [0.2, 0.25) is 16.2 Å². The van der Waals surface area contributed by atoms with Crippen LogP contribution in [0.1, 0.15) is 69.9 Å². The quantitative estimate of drug-likeness (QED) is 0.0613. The molecule has 0 aromatic heterocycles. The van der Waals surface area contributed by atoms with Crippen LogP contribution in [0.25, 0.3) is 0 Å². The largest absolute Gasteiger partial charge is 0.481 e. The predicted octanol–water partition coefficient (Wildman–Crippen LogP) is 8.00. The summed E-state index contributed by atoms with van der Waals surface area (Å²) >= 11 is 6.52. The van der Waals surface area contributed by atoms with Crippen LogP contribution < -0.4 is 5.32 Å². The molecule has 0 spiro atoms. The Hall–Kier alpha value is -1.56. The Morgan fingerprint density at radius 1 is 0.898 bits per heavy atom. The normalized spacial score (nSPS) is 13.4. The maximum absolute atomic E-state index is 13.3. The summed E-state index contributed by atoms with van der Waals surface area (Å²) in [5, 5.41) is 11.2. The highest BCUT2D eigenvalue weighted by Crippen LogP contribution is 2.28. The number of carbonyl (C=O) groups excluding carboxylic acids is 2. The first kappa shape index (κ1) is 45.5. The van der Waals surface area contributed by atoms with Crippen LogP contribution in [0, 0.1) is 5.92 Å². The number of carbonyl (C=O) groups is 3. The fourth-order valence-corrected chi connectivity index (χ4v) is 21.4. The summed E-state index contributed by atoms with van der Waals surface area (Å²) in [6.45, 7) is 18.5. The third-order valence-corrected chi connectivity index (χ3v) is 21.0. The zero-order valence-corrected chi connectivity index (χ0v) is 36.4. The Kier molecular flexibility index (Phi) is 20.8. The average Bonchev–Trinajstić information content (AvgIpc) is 2.99. The van der Waals surface area contributed by atoms with Gasteiger partial charge in [-0.05, 0) is 120 Å². The van der Waals surface area contributed by atoms with Gasteiger partial charge in [-0.25, -0.2) is 0 Å². The second kappa shape index (κ2) is 22.4. The van der Waals surface area contributed by atoms with Crippen LogP contribution in [0.4, 0.5) is 0 Å². The number of unbranched alkanes of at least 4 members (excludes halogenated alkanes) is 2. The van der Waals surface area contributed by atoms with Crippen LogP contribution in [0.3, 0.4) is 0 Å². The van der Waals surface area contributed by atoms with Gasteiger partial charge in [0.1, 0.15) is 0 Å². The minimum absolute atomic E-state index is 0.0298. The molecule has 2 N–H and O–H groups in total. The second-order valence-electron chi connectivity index (χ2n) is 14.7. The number of ether oxygens (including phenoxy) is 1. The lowest BCUT2D eigenvalue weighted by Gasteiger charge is -2.38. The van der Waals surface area contributed by atoms with Crippen molar-refractivity contribution in [3.05, 3.63) is 35.4 Å². The molecule has 1 rings (SSSR count). The monoisotopic (exact) mass is 772 g/mol. The fourth-order valence-electron chi connectivity index (χ4n) is 5.88. The summed E-state index contributed by atoms with van der Waals surface area (Å²) in [6, 6.07) is 10.8. The van der Waals surface area contributed by atoms with Crippen molar-refractivity contribution in [3.8, 4) is 0 Å². The van der Waals surface area contributed by atoms with Gasteiger partial charge < -0.3 is 28.3 Å². The van der Waals surface area contributed by atoms with E-state index in [1.807, 2.05) is 6.92 Å². The second-order valence-corrected chi connectivity index (χ2v) is 29.0. The Morgan fingerprint density at radius 3 is 2.00 bits per heavy atom. The van der Waals surface area contributed by atoms with Crippen molar-refractivity contribution in [2.24, 2.45) is 5.92 Å². The van der Waals surface area contributed by atoms with Crippen molar-refractivity contribution in [1.82, 2.24) is 10.2 Å². The van der Waals surface area contributed by atoms with Gasteiger partial charge in [-0.15, -0.1) is 0 Å². The Bertz CT molecular complexity index is 1180. The van der Waals surface area contributed by atoms with E-state index >= 15 is 0 Å². The smallest absolute Gasteiger partial charge is 0.311 e. The van der Waals surface area contributed by atoms with Gasteiger partial charge in [-0.1, -0.05) is 55.8 Å². The molecule has 1 aromatic rings. The van der Waals surface area contributed by atoms with Crippen LogP contribution in [0.5, 0.6) is 0 Å². The van der Waals surface area contributed by atoms with E-state index in [4.69, 9.17) is 30.3 Å². The highest BCUT2D eigenvalue weighted by Gasteiger charge is 2.39. The molecule has 9 nitrogen and oxygen atoms in total. The zero-order chi connectivity index (χ0) is 37.3. The Labute approximate surface area is 309 Å². The van der Waals surface area contributed by atoms with Crippen molar-refractivity contribution < 1.29 is 32.5 Å². The van der Waals surface area contributed by atoms with Gasteiger partial charge in [0.15, 0.2) is 16.6 Å². The molecule has 0 aliphatic carbocycles. The molecule has 0 saturated heterocycles. The van der Waals surface area contributed by atoms with E-state index in [1.54, 1.807) is 19.0 Å². The van der Waals surface area contributed by atoms with Crippen LogP contribution in [-0.2, 0) is 40.2 Å². The van der Waals surface area contributed by atoms with Crippen LogP contribution in [-0.4, -0.2) is 89.9 Å². The molecule has 0 fully saturated rings. The Balaban J connectivity index is 2.88. The number of rotatable bonds is 24. The summed E-state index contributed by atoms with van der Waals surface area (Å²) in [5.41, 5.74) is 2.42. The van der Waals surface area contributed by atoms with Gasteiger partial charge in [0.25, 0.3) is 0 Å². The standard InChI is InChI=1S/C35H64N2O7S2Si3/c1-11-13-25-47(5,6)43-49(9,10)44-48(7,8)26-23-29-19-17-28(18-20-29)21-22-30(34(41)37(3)4)27-31(46-35(45)42-12-2)33(40)36-24-15-14-16-32(38)39/h17-20,30-31H,11-16,21-27H2,1-10H3,(H,36,40)(H,38,39). The number of amides is 2. The van der Waals surface area contributed by atoms with Crippen LogP contribution in [0.2, 0.25) is 51.4 Å². The third-order valence-electron chi connectivity index (χ3n) is 8.20. The van der Waals surface area contributed by atoms with Gasteiger partial charge >= 0.3 is 14.5 Å². The van der Waals surface area contributed by atoms with Crippen molar-refractivity contribution in [2.45, 2.75) is 128 Å². The zero-order valence-electron chi connectivity index (χ0n) is 31.8. The highest BCUT2D eigenvalue weighted by atomic mass is 32.2. The molecule has 0 saturated carbocycles. The van der Waals surface area contributed by atoms with Crippen LogP contribution in [0.15, 0.2) is 24.3 Å². The number of carboxylic acid groups (broad SMARTS) is 1. The number of nitrogens with zero attached hydrogens (tertiary/aromatic N) is 1. The van der Waals surface area contributed by atoms with Crippen molar-refractivity contribution in [2.75, 3.05) is 27.2 Å². The number of nitrogens with one attached hydrogen (secondary N) is 1. The van der Waals surface area contributed by atoms with E-state index < -0.39 is 36.4 Å². The molecular formula is C35H64N2O7S2Si3. The number of hydrogen-bond donors (Lipinski definition) is 2. The molecule has 2 atom stereocenters. The first-order chi connectivity index (χ1) is 22.8. The number of thiocarbonyl (C=S) groups is 1. The minimum Gasteiger partial charge on any atom is -0.481 e. The van der Waals surface area contributed by atoms with Crippen LogP contribution >= 0.6 is 24.0 Å². The van der Waals surface area contributed by atoms with Crippen molar-refractivity contribution in [1.29, 1.82) is 0 Å². The highest BCUT2D eigenvalue weighted by molar-refractivity contribution is 8.23. The molecule has 49 heavy (non-hydrogen) atoms. The van der Waals surface area contributed by atoms with Gasteiger partial charge in [-0.2, -0.15) is 0 Å². The maximum atomic E-state index is 13.3. The lowest BCUT2D eigenvalue weighted by molar-refractivity contribution is -0.137. The van der Waals surface area contributed by atoms with Crippen molar-refractivity contribution in [3.63, 3.8) is 0 Å². The number of aliphatic carboxylic acids is 1. The van der Waals surface area contributed by atoms with E-state index in [2.05, 4.69) is 75.8 Å². The molecule has 0 aliphatic heterocycles. The number of thioether (sulfide) groups is 1. The molecule has 0 heterocycles. The summed E-state index contributed by atoms with van der Waals surface area (Å²) in [6.07, 6.45) is 6.06. The summed E-state index contributed by atoms with van der Waals surface area (Å²) < 4.78 is 19.3. The molecular weight excluding hydrogens is 709 g/mol. The minimum atomic E-state index is -2.22. The van der Waals surface area contributed by atoms with E-state index in [9.17, 15) is 14.4 Å². The molecule has 0 bridgehead atoms. The molecule has 0 radical (unpaired) electrons. The third kappa shape index (κ3) is 20.2. The summed E-state index contributed by atoms with van der Waals surface area (Å²) in [7, 11) is -2.43. The molecule has 2 amide bonds. The molecule has 1 aromatic carbocycles. The van der Waals surface area contributed by atoms with Gasteiger partial charge in [0.05, 0.1) is 11.9 Å². The Morgan fingerprint density at radius 2 is 1.47 bits per heavy atom. The lowest BCUT2D eigenvalue weighted by atomic mass is 9.93. The van der Waals surface area contributed by atoms with Crippen molar-refractivity contribution >= 4 is 71.3 Å². The lowest BCUT2D eigenvalue weighted by Crippen LogP contribution is -2.52. The maximum Gasteiger partial charge on any atom is 0.311 e.